The van der Waals surface area contributed by atoms with Crippen LogP contribution < -0.4 is 24.8 Å². The number of hydrogen-bond acceptors (Lipinski definition) is 0. The molecule has 3 saturated heterocycles. The zero-order valence-corrected chi connectivity index (χ0v) is 27.8. The molecule has 2 bridgehead atoms. The lowest BCUT2D eigenvalue weighted by atomic mass is 10.0. The third kappa shape index (κ3) is 17.3. The molecule has 0 N–H and O–H groups in total. The molecule has 3 aliphatic heterocycles. The van der Waals surface area contributed by atoms with E-state index in [-0.39, 0.29) is 24.8 Å². The van der Waals surface area contributed by atoms with Crippen LogP contribution >= 0.6 is 0 Å². The average molecular weight is 578 g/mol. The molecule has 0 unspecified atom stereocenters. The molecular formula is C34H70Cl2N2. The first-order chi connectivity index (χ1) is 17.7. The van der Waals surface area contributed by atoms with Crippen molar-refractivity contribution >= 4 is 0 Å². The molecule has 4 heteroatoms. The lowest BCUT2D eigenvalue weighted by Gasteiger charge is -2.55. The van der Waals surface area contributed by atoms with Gasteiger partial charge in [0.2, 0.25) is 0 Å². The smallest absolute Gasteiger partial charge is 0.129 e. The molecule has 3 heterocycles. The molecule has 38 heavy (non-hydrogen) atoms. The molecule has 0 aromatic rings. The van der Waals surface area contributed by atoms with Gasteiger partial charge in [-0.2, -0.15) is 0 Å². The number of fused-ring (bicyclic) bond motifs is 3. The van der Waals surface area contributed by atoms with E-state index in [1.165, 1.54) is 215 Å². The Morgan fingerprint density at radius 2 is 0.474 bits per heavy atom. The van der Waals surface area contributed by atoms with E-state index in [9.17, 15) is 0 Å². The van der Waals surface area contributed by atoms with Crippen molar-refractivity contribution in [2.75, 3.05) is 52.4 Å². The van der Waals surface area contributed by atoms with Gasteiger partial charge in [0.05, 0.1) is 13.1 Å². The van der Waals surface area contributed by atoms with Gasteiger partial charge in [0, 0.05) is 0 Å². The maximum absolute atomic E-state index is 2.31. The Bertz CT molecular complexity index is 430. The van der Waals surface area contributed by atoms with E-state index in [4.69, 9.17) is 0 Å². The molecule has 0 atom stereocenters. The number of unbranched alkanes of at least 4 members (excludes halogenated alkanes) is 22. The Labute approximate surface area is 253 Å². The Balaban J connectivity index is 0.00000684. The zero-order chi connectivity index (χ0) is 25.6. The quantitative estimate of drug-likeness (QED) is 0.108. The van der Waals surface area contributed by atoms with Crippen molar-refractivity contribution in [3.8, 4) is 0 Å². The van der Waals surface area contributed by atoms with Gasteiger partial charge in [-0.1, -0.05) is 142 Å². The van der Waals surface area contributed by atoms with Crippen LogP contribution in [0.25, 0.3) is 0 Å². The molecule has 3 rings (SSSR count). The largest absolute Gasteiger partial charge is 1.00 e. The van der Waals surface area contributed by atoms with Crippen LogP contribution in [0, 0.1) is 0 Å². The molecule has 0 aromatic heterocycles. The number of hydrogen-bond donors (Lipinski definition) is 0. The molecule has 0 spiro atoms. The van der Waals surface area contributed by atoms with Crippen LogP contribution in [0.2, 0.25) is 0 Å². The molecule has 2 nitrogen and oxygen atoms in total. The Morgan fingerprint density at radius 1 is 0.289 bits per heavy atom. The minimum Gasteiger partial charge on any atom is -1.00 e. The van der Waals surface area contributed by atoms with Crippen LogP contribution in [0.3, 0.4) is 0 Å². The number of piperazine rings is 3. The Kier molecular flexibility index (Phi) is 25.6. The van der Waals surface area contributed by atoms with Crippen molar-refractivity contribution in [3.63, 3.8) is 0 Å². The maximum Gasteiger partial charge on any atom is 0.129 e. The highest BCUT2D eigenvalue weighted by atomic mass is 35.5. The molecular weight excluding hydrogens is 507 g/mol. The van der Waals surface area contributed by atoms with Crippen LogP contribution in [0.15, 0.2) is 0 Å². The van der Waals surface area contributed by atoms with Gasteiger partial charge in [-0.25, -0.2) is 0 Å². The van der Waals surface area contributed by atoms with Gasteiger partial charge in [-0.15, -0.1) is 0 Å². The molecule has 0 saturated carbocycles. The molecule has 0 amide bonds. The first kappa shape index (κ1) is 38.5. The first-order valence-electron chi connectivity index (χ1n) is 17.4. The van der Waals surface area contributed by atoms with Crippen LogP contribution in [0.5, 0.6) is 0 Å². The van der Waals surface area contributed by atoms with Crippen molar-refractivity contribution < 1.29 is 33.8 Å². The normalized spacial score (nSPS) is 22.3. The molecule has 3 aliphatic rings. The highest BCUT2D eigenvalue weighted by Crippen LogP contribution is 2.28. The van der Waals surface area contributed by atoms with Crippen molar-refractivity contribution in [2.45, 2.75) is 168 Å². The van der Waals surface area contributed by atoms with Crippen molar-refractivity contribution in [1.29, 1.82) is 0 Å². The predicted octanol–water partition coefficient (Wildman–Crippen LogP) is 4.06. The molecule has 0 aliphatic carbocycles. The summed E-state index contributed by atoms with van der Waals surface area (Å²) in [6.07, 6.45) is 35.4. The fourth-order valence-electron chi connectivity index (χ4n) is 7.19. The van der Waals surface area contributed by atoms with E-state index < -0.39 is 0 Å². The Hall–Kier alpha value is 0.500. The van der Waals surface area contributed by atoms with E-state index >= 15 is 0 Å². The van der Waals surface area contributed by atoms with E-state index in [1.54, 1.807) is 0 Å². The summed E-state index contributed by atoms with van der Waals surface area (Å²) in [7, 11) is 0. The summed E-state index contributed by atoms with van der Waals surface area (Å²) >= 11 is 0. The van der Waals surface area contributed by atoms with Crippen molar-refractivity contribution in [2.24, 2.45) is 0 Å². The van der Waals surface area contributed by atoms with Gasteiger partial charge < -0.3 is 33.8 Å². The molecule has 0 aromatic carbocycles. The lowest BCUT2D eigenvalue weighted by molar-refractivity contribution is -1.08. The zero-order valence-electron chi connectivity index (χ0n) is 26.3. The van der Waals surface area contributed by atoms with E-state index in [0.717, 1.165) is 0 Å². The minimum atomic E-state index is 0. The monoisotopic (exact) mass is 576 g/mol. The van der Waals surface area contributed by atoms with Gasteiger partial charge in [0.15, 0.2) is 0 Å². The fourth-order valence-corrected chi connectivity index (χ4v) is 7.19. The van der Waals surface area contributed by atoms with Gasteiger partial charge >= 0.3 is 0 Å². The highest BCUT2D eigenvalue weighted by molar-refractivity contribution is 4.63. The second-order valence-electron chi connectivity index (χ2n) is 13.3. The minimum absolute atomic E-state index is 0. The summed E-state index contributed by atoms with van der Waals surface area (Å²) in [4.78, 5) is 0. The molecule has 0 radical (unpaired) electrons. The fraction of sp³-hybridized carbons (Fsp3) is 1.00. The summed E-state index contributed by atoms with van der Waals surface area (Å²) in [5.74, 6) is 0. The standard InChI is InChI=1S/C34H70N2.2ClH/c1-3-5-7-9-11-13-15-17-19-21-23-25-27-35-29-32-36(33-30-35,34-31-35)28-26-24-22-20-18-16-14-12-10-8-6-4-2;;/h3-34H2,1-2H3;2*1H/q+2;;/p-2. The van der Waals surface area contributed by atoms with Crippen LogP contribution in [0.1, 0.15) is 168 Å². The Morgan fingerprint density at radius 3 is 0.684 bits per heavy atom. The van der Waals surface area contributed by atoms with Gasteiger partial charge in [0.25, 0.3) is 0 Å². The highest BCUT2D eigenvalue weighted by Gasteiger charge is 2.48. The van der Waals surface area contributed by atoms with Crippen LogP contribution in [-0.4, -0.2) is 61.3 Å². The summed E-state index contributed by atoms with van der Waals surface area (Å²) in [6.45, 7) is 16.6. The lowest BCUT2D eigenvalue weighted by Crippen LogP contribution is -3.00. The average Bonchev–Trinajstić information content (AvgIpc) is 2.91. The van der Waals surface area contributed by atoms with Gasteiger partial charge in [-0.3, -0.25) is 0 Å². The SMILES string of the molecule is CCCCCCCCCCCCCC[N+]12CC[N+](CCCCCCCCCCCCCC)(CC1)CC2.[Cl-].[Cl-]. The third-order valence-corrected chi connectivity index (χ3v) is 10.1. The van der Waals surface area contributed by atoms with Crippen LogP contribution in [0.4, 0.5) is 0 Å². The summed E-state index contributed by atoms with van der Waals surface area (Å²) in [6, 6.07) is 0. The third-order valence-electron chi connectivity index (χ3n) is 10.1. The topological polar surface area (TPSA) is 0 Å². The summed E-state index contributed by atoms with van der Waals surface area (Å²) in [5.41, 5.74) is 0. The van der Waals surface area contributed by atoms with Crippen LogP contribution in [-0.2, 0) is 0 Å². The second-order valence-corrected chi connectivity index (χ2v) is 13.3. The van der Waals surface area contributed by atoms with E-state index in [2.05, 4.69) is 13.8 Å². The molecule has 3 fully saturated rings. The van der Waals surface area contributed by atoms with Gasteiger partial charge in [0.1, 0.15) is 39.3 Å². The maximum atomic E-state index is 2.31. The number of rotatable bonds is 26. The van der Waals surface area contributed by atoms with Gasteiger partial charge in [-0.05, 0) is 25.7 Å². The molecule has 230 valence electrons. The van der Waals surface area contributed by atoms with Crippen molar-refractivity contribution in [1.82, 2.24) is 0 Å². The van der Waals surface area contributed by atoms with Crippen molar-refractivity contribution in [3.05, 3.63) is 0 Å². The van der Waals surface area contributed by atoms with E-state index in [0.29, 0.717) is 0 Å². The predicted molar refractivity (Wildman–Crippen MR) is 162 cm³/mol. The summed E-state index contributed by atoms with van der Waals surface area (Å²) in [5, 5.41) is 0. The number of quaternary nitrogens is 2. The number of halogens is 2. The van der Waals surface area contributed by atoms with E-state index in [1.807, 2.05) is 0 Å². The summed E-state index contributed by atoms with van der Waals surface area (Å²) < 4.78 is 2.99. The second kappa shape index (κ2) is 25.2. The number of nitrogens with zero attached hydrogens (tertiary/aromatic N) is 2. The first-order valence-corrected chi connectivity index (χ1v) is 17.4.